The summed E-state index contributed by atoms with van der Waals surface area (Å²) in [7, 11) is 1.78. The van der Waals surface area contributed by atoms with Crippen LogP contribution in [-0.4, -0.2) is 27.5 Å². The number of nitrogens with zero attached hydrogens (tertiary/aromatic N) is 2. The Morgan fingerprint density at radius 3 is 2.48 bits per heavy atom. The van der Waals surface area contributed by atoms with Crippen LogP contribution in [0, 0.1) is 25.7 Å². The molecule has 0 spiro atoms. The van der Waals surface area contributed by atoms with Gasteiger partial charge in [-0.15, -0.1) is 0 Å². The van der Waals surface area contributed by atoms with E-state index < -0.39 is 11.7 Å². The van der Waals surface area contributed by atoms with Gasteiger partial charge < -0.3 is 5.32 Å². The lowest BCUT2D eigenvalue weighted by molar-refractivity contribution is -0.118. The molecule has 0 aliphatic heterocycles. The number of rotatable bonds is 3. The Morgan fingerprint density at radius 1 is 1.24 bits per heavy atom. The molecule has 0 bridgehead atoms. The number of aryl methyl sites for hydroxylation is 2. The Bertz CT molecular complexity index is 562. The molecule has 1 aliphatic carbocycles. The van der Waals surface area contributed by atoms with Crippen molar-refractivity contribution in [2.45, 2.75) is 53.0 Å². The third-order valence-electron chi connectivity index (χ3n) is 4.97. The van der Waals surface area contributed by atoms with Crippen LogP contribution in [-0.2, 0) is 11.8 Å². The highest BCUT2D eigenvalue weighted by atomic mass is 16.2. The molecule has 0 saturated heterocycles. The molecule has 1 heterocycles. The zero-order valence-electron chi connectivity index (χ0n) is 13.6. The van der Waals surface area contributed by atoms with E-state index in [1.54, 1.807) is 18.7 Å². The quantitative estimate of drug-likeness (QED) is 0.685. The average Bonchev–Trinajstić information content (AvgIpc) is 2.68. The smallest absolute Gasteiger partial charge is 0.292 e. The summed E-state index contributed by atoms with van der Waals surface area (Å²) in [6.07, 6.45) is 3.26. The molecular formula is C16H25N3O2. The van der Waals surface area contributed by atoms with Gasteiger partial charge in [0.25, 0.3) is 11.7 Å². The predicted octanol–water partition coefficient (Wildman–Crippen LogP) is 2.16. The topological polar surface area (TPSA) is 64.0 Å². The van der Waals surface area contributed by atoms with Crippen LogP contribution in [0.25, 0.3) is 0 Å². The van der Waals surface area contributed by atoms with E-state index in [2.05, 4.69) is 24.3 Å². The Hall–Kier alpha value is -1.65. The second kappa shape index (κ2) is 6.00. The fourth-order valence-electron chi connectivity index (χ4n) is 3.24. The fourth-order valence-corrected chi connectivity index (χ4v) is 3.24. The number of aromatic nitrogens is 2. The van der Waals surface area contributed by atoms with Gasteiger partial charge in [0.2, 0.25) is 0 Å². The van der Waals surface area contributed by atoms with Crippen LogP contribution in [0.15, 0.2) is 0 Å². The first-order valence-electron chi connectivity index (χ1n) is 7.68. The van der Waals surface area contributed by atoms with Gasteiger partial charge in [-0.1, -0.05) is 26.7 Å². The molecule has 5 heteroatoms. The van der Waals surface area contributed by atoms with Gasteiger partial charge in [-0.3, -0.25) is 14.3 Å². The van der Waals surface area contributed by atoms with E-state index >= 15 is 0 Å². The molecule has 1 aromatic rings. The maximum absolute atomic E-state index is 12.4. The lowest BCUT2D eigenvalue weighted by atomic mass is 9.78. The van der Waals surface area contributed by atoms with Crippen molar-refractivity contribution in [1.82, 2.24) is 15.1 Å². The van der Waals surface area contributed by atoms with Crippen molar-refractivity contribution in [3.63, 3.8) is 0 Å². The van der Waals surface area contributed by atoms with Crippen molar-refractivity contribution in [3.8, 4) is 0 Å². The van der Waals surface area contributed by atoms with Gasteiger partial charge in [0.1, 0.15) is 0 Å². The van der Waals surface area contributed by atoms with Crippen LogP contribution in [0.4, 0.5) is 0 Å². The number of carbonyl (C=O) groups excluding carboxylic acids is 2. The van der Waals surface area contributed by atoms with Crippen LogP contribution < -0.4 is 5.32 Å². The number of amides is 1. The van der Waals surface area contributed by atoms with Gasteiger partial charge in [-0.05, 0) is 32.1 Å². The Kier molecular flexibility index (Phi) is 4.49. The van der Waals surface area contributed by atoms with E-state index in [1.807, 2.05) is 6.92 Å². The summed E-state index contributed by atoms with van der Waals surface area (Å²) in [5.41, 5.74) is 1.78. The number of hydrogen-bond acceptors (Lipinski definition) is 3. The molecule has 5 nitrogen and oxygen atoms in total. The van der Waals surface area contributed by atoms with Crippen molar-refractivity contribution in [1.29, 1.82) is 0 Å². The van der Waals surface area contributed by atoms with Crippen LogP contribution in [0.3, 0.4) is 0 Å². The molecule has 1 saturated carbocycles. The zero-order chi connectivity index (χ0) is 15.7. The average molecular weight is 291 g/mol. The number of hydrogen-bond donors (Lipinski definition) is 1. The minimum absolute atomic E-state index is 0.0995. The lowest BCUT2D eigenvalue weighted by Crippen LogP contribution is -2.46. The predicted molar refractivity (Wildman–Crippen MR) is 81.1 cm³/mol. The van der Waals surface area contributed by atoms with Crippen LogP contribution in [0.2, 0.25) is 0 Å². The fraction of sp³-hybridized carbons (Fsp3) is 0.688. The van der Waals surface area contributed by atoms with Crippen molar-refractivity contribution in [2.75, 3.05) is 0 Å². The first-order valence-corrected chi connectivity index (χ1v) is 7.68. The molecule has 0 aromatic carbocycles. The van der Waals surface area contributed by atoms with Gasteiger partial charge in [0.15, 0.2) is 0 Å². The first-order chi connectivity index (χ1) is 9.82. The van der Waals surface area contributed by atoms with Crippen molar-refractivity contribution >= 4 is 11.7 Å². The molecule has 0 unspecified atom stereocenters. The maximum Gasteiger partial charge on any atom is 0.292 e. The summed E-state index contributed by atoms with van der Waals surface area (Å²) in [5, 5.41) is 7.14. The third-order valence-corrected chi connectivity index (χ3v) is 4.97. The van der Waals surface area contributed by atoms with E-state index in [0.717, 1.165) is 18.5 Å². The van der Waals surface area contributed by atoms with E-state index in [9.17, 15) is 9.59 Å². The second-order valence-corrected chi connectivity index (χ2v) is 6.35. The van der Waals surface area contributed by atoms with Gasteiger partial charge in [0.05, 0.1) is 11.3 Å². The standard InChI is InChI=1S/C16H25N3O2/c1-9-7-6-8-13(10(9)2)17-16(21)15(20)14-11(3)18-19(5)12(14)4/h9-10,13H,6-8H2,1-5H3,(H,17,21)/t9-,10-,13-/m1/s1. The molecule has 1 aliphatic rings. The Balaban J connectivity index is 2.11. The van der Waals surface area contributed by atoms with Gasteiger partial charge in [0, 0.05) is 18.8 Å². The number of nitrogens with one attached hydrogen (secondary N) is 1. The molecule has 116 valence electrons. The summed E-state index contributed by atoms with van der Waals surface area (Å²) < 4.78 is 1.64. The largest absolute Gasteiger partial charge is 0.346 e. The van der Waals surface area contributed by atoms with Gasteiger partial charge in [-0.2, -0.15) is 5.10 Å². The van der Waals surface area contributed by atoms with Gasteiger partial charge >= 0.3 is 0 Å². The molecule has 21 heavy (non-hydrogen) atoms. The molecule has 1 fully saturated rings. The molecule has 2 rings (SSSR count). The Labute approximate surface area is 126 Å². The van der Waals surface area contributed by atoms with E-state index in [4.69, 9.17) is 0 Å². The molecular weight excluding hydrogens is 266 g/mol. The molecule has 3 atom stereocenters. The van der Waals surface area contributed by atoms with Crippen molar-refractivity contribution in [2.24, 2.45) is 18.9 Å². The lowest BCUT2D eigenvalue weighted by Gasteiger charge is -2.34. The van der Waals surface area contributed by atoms with E-state index in [1.165, 1.54) is 6.42 Å². The maximum atomic E-state index is 12.4. The molecule has 0 radical (unpaired) electrons. The van der Waals surface area contributed by atoms with Crippen LogP contribution >= 0.6 is 0 Å². The first kappa shape index (κ1) is 15.7. The molecule has 1 aromatic heterocycles. The summed E-state index contributed by atoms with van der Waals surface area (Å²) in [5.74, 6) is 0.0243. The summed E-state index contributed by atoms with van der Waals surface area (Å²) in [6, 6.07) is 0.0995. The van der Waals surface area contributed by atoms with Crippen molar-refractivity contribution < 1.29 is 9.59 Å². The minimum atomic E-state index is -0.500. The van der Waals surface area contributed by atoms with Crippen LogP contribution in [0.5, 0.6) is 0 Å². The van der Waals surface area contributed by atoms with Gasteiger partial charge in [-0.25, -0.2) is 0 Å². The van der Waals surface area contributed by atoms with E-state index in [0.29, 0.717) is 23.1 Å². The summed E-state index contributed by atoms with van der Waals surface area (Å²) in [4.78, 5) is 24.7. The third kappa shape index (κ3) is 3.01. The summed E-state index contributed by atoms with van der Waals surface area (Å²) in [6.45, 7) is 7.94. The molecule has 1 N–H and O–H groups in total. The number of carbonyl (C=O) groups is 2. The SMILES string of the molecule is Cc1nn(C)c(C)c1C(=O)C(=O)N[C@@H]1CCC[C@@H](C)[C@H]1C. The highest BCUT2D eigenvalue weighted by Gasteiger charge is 2.31. The highest BCUT2D eigenvalue weighted by molar-refractivity contribution is 6.43. The molecule has 1 amide bonds. The zero-order valence-corrected chi connectivity index (χ0v) is 13.6. The number of ketones is 1. The van der Waals surface area contributed by atoms with E-state index in [-0.39, 0.29) is 6.04 Å². The van der Waals surface area contributed by atoms with Crippen molar-refractivity contribution in [3.05, 3.63) is 17.0 Å². The minimum Gasteiger partial charge on any atom is -0.346 e. The highest BCUT2D eigenvalue weighted by Crippen LogP contribution is 2.29. The summed E-state index contributed by atoms with van der Waals surface area (Å²) >= 11 is 0. The monoisotopic (exact) mass is 291 g/mol. The Morgan fingerprint density at radius 2 is 1.90 bits per heavy atom. The second-order valence-electron chi connectivity index (χ2n) is 6.35. The number of Topliss-reactive ketones (excluding diaryl/α,β-unsaturated/α-hetero) is 1. The normalized spacial score (nSPS) is 25.7. The van der Waals surface area contributed by atoms with Crippen LogP contribution in [0.1, 0.15) is 54.9 Å².